The maximum Gasteiger partial charge on any atom is 0.387 e. The summed E-state index contributed by atoms with van der Waals surface area (Å²) in [5.41, 5.74) is 1.79. The Bertz CT molecular complexity index is 988. The van der Waals surface area contributed by atoms with E-state index in [-0.39, 0.29) is 18.0 Å². The minimum Gasteiger partial charge on any atom is -0.433 e. The zero-order chi connectivity index (χ0) is 20.2. The first kappa shape index (κ1) is 18.8. The fourth-order valence-electron chi connectivity index (χ4n) is 2.83. The SMILES string of the molecule is O=C(CNc1ccc(-c2nnnn2C2CC2)cc1)Nc1ccccc1OC(F)F. The molecule has 0 aliphatic heterocycles. The van der Waals surface area contributed by atoms with Crippen LogP contribution in [0, 0.1) is 0 Å². The minimum atomic E-state index is -2.97. The Labute approximate surface area is 164 Å². The van der Waals surface area contributed by atoms with Crippen molar-refractivity contribution in [1.82, 2.24) is 20.2 Å². The predicted octanol–water partition coefficient (Wildman–Crippen LogP) is 3.33. The number of nitrogens with one attached hydrogen (secondary N) is 2. The maximum atomic E-state index is 12.5. The Hall–Kier alpha value is -3.56. The second-order valence-corrected chi connectivity index (χ2v) is 6.53. The van der Waals surface area contributed by atoms with E-state index >= 15 is 0 Å². The molecular weight excluding hydrogens is 382 g/mol. The molecule has 1 aliphatic rings. The van der Waals surface area contributed by atoms with Gasteiger partial charge in [-0.15, -0.1) is 5.10 Å². The average Bonchev–Trinajstić information content (AvgIpc) is 3.44. The van der Waals surface area contributed by atoms with Crippen molar-refractivity contribution in [2.75, 3.05) is 17.2 Å². The number of para-hydroxylation sites is 2. The summed E-state index contributed by atoms with van der Waals surface area (Å²) in [6, 6.07) is 13.8. The van der Waals surface area contributed by atoms with Gasteiger partial charge in [0, 0.05) is 11.3 Å². The van der Waals surface area contributed by atoms with E-state index in [2.05, 4.69) is 30.9 Å². The number of halogens is 2. The quantitative estimate of drug-likeness (QED) is 0.602. The summed E-state index contributed by atoms with van der Waals surface area (Å²) in [6.45, 7) is -3.01. The smallest absolute Gasteiger partial charge is 0.387 e. The molecule has 0 saturated heterocycles. The Balaban J connectivity index is 1.35. The van der Waals surface area contributed by atoms with E-state index in [0.717, 1.165) is 24.1 Å². The third-order valence-corrected chi connectivity index (χ3v) is 4.36. The molecule has 150 valence electrons. The minimum absolute atomic E-state index is 0.0395. The zero-order valence-electron chi connectivity index (χ0n) is 15.3. The lowest BCUT2D eigenvalue weighted by atomic mass is 10.2. The Kier molecular flexibility index (Phi) is 5.32. The molecule has 2 aromatic carbocycles. The molecule has 1 aromatic heterocycles. The van der Waals surface area contributed by atoms with Gasteiger partial charge in [-0.05, 0) is 59.7 Å². The van der Waals surface area contributed by atoms with Crippen molar-refractivity contribution in [2.24, 2.45) is 0 Å². The van der Waals surface area contributed by atoms with Crippen molar-refractivity contribution in [3.63, 3.8) is 0 Å². The van der Waals surface area contributed by atoms with Crippen LogP contribution < -0.4 is 15.4 Å². The van der Waals surface area contributed by atoms with Crippen LogP contribution >= 0.6 is 0 Å². The number of ether oxygens (including phenoxy) is 1. The van der Waals surface area contributed by atoms with Gasteiger partial charge in [0.25, 0.3) is 0 Å². The molecule has 0 radical (unpaired) electrons. The Morgan fingerprint density at radius 1 is 1.17 bits per heavy atom. The van der Waals surface area contributed by atoms with Crippen LogP contribution in [0.15, 0.2) is 48.5 Å². The van der Waals surface area contributed by atoms with Gasteiger partial charge < -0.3 is 15.4 Å². The molecule has 0 atom stereocenters. The monoisotopic (exact) mass is 400 g/mol. The van der Waals surface area contributed by atoms with Crippen molar-refractivity contribution in [3.05, 3.63) is 48.5 Å². The number of carbonyl (C=O) groups is 1. The number of carbonyl (C=O) groups excluding carboxylic acids is 1. The Morgan fingerprint density at radius 2 is 1.93 bits per heavy atom. The predicted molar refractivity (Wildman–Crippen MR) is 102 cm³/mol. The van der Waals surface area contributed by atoms with Gasteiger partial charge in [0.1, 0.15) is 5.75 Å². The maximum absolute atomic E-state index is 12.5. The molecule has 10 heteroatoms. The van der Waals surface area contributed by atoms with E-state index in [1.54, 1.807) is 12.1 Å². The van der Waals surface area contributed by atoms with Crippen molar-refractivity contribution < 1.29 is 18.3 Å². The van der Waals surface area contributed by atoms with E-state index in [0.29, 0.717) is 11.9 Å². The van der Waals surface area contributed by atoms with Crippen molar-refractivity contribution in [1.29, 1.82) is 0 Å². The van der Waals surface area contributed by atoms with Crippen LogP contribution in [0.1, 0.15) is 18.9 Å². The van der Waals surface area contributed by atoms with E-state index < -0.39 is 12.5 Å². The lowest BCUT2D eigenvalue weighted by molar-refractivity contribution is -0.114. The second-order valence-electron chi connectivity index (χ2n) is 6.53. The number of benzene rings is 2. The number of amides is 1. The van der Waals surface area contributed by atoms with Gasteiger partial charge in [-0.2, -0.15) is 8.78 Å². The lowest BCUT2D eigenvalue weighted by Crippen LogP contribution is -2.22. The second kappa shape index (κ2) is 8.21. The van der Waals surface area contributed by atoms with Gasteiger partial charge >= 0.3 is 6.61 Å². The normalized spacial score (nSPS) is 13.3. The highest BCUT2D eigenvalue weighted by Gasteiger charge is 2.28. The lowest BCUT2D eigenvalue weighted by Gasteiger charge is -2.12. The highest BCUT2D eigenvalue weighted by Crippen LogP contribution is 2.36. The molecule has 1 aliphatic carbocycles. The molecule has 8 nitrogen and oxygen atoms in total. The molecule has 3 aromatic rings. The van der Waals surface area contributed by atoms with Crippen LogP contribution in [0.25, 0.3) is 11.4 Å². The highest BCUT2D eigenvalue weighted by molar-refractivity contribution is 5.95. The van der Waals surface area contributed by atoms with Crippen LogP contribution in [0.3, 0.4) is 0 Å². The number of nitrogens with zero attached hydrogens (tertiary/aromatic N) is 4. The van der Waals surface area contributed by atoms with Crippen LogP contribution in [-0.2, 0) is 4.79 Å². The third kappa shape index (κ3) is 4.65. The van der Waals surface area contributed by atoms with Gasteiger partial charge in [0.15, 0.2) is 5.82 Å². The van der Waals surface area contributed by atoms with E-state index in [9.17, 15) is 13.6 Å². The highest BCUT2D eigenvalue weighted by atomic mass is 19.3. The standard InChI is InChI=1S/C19H18F2N6O2/c20-19(21)29-16-4-2-1-3-15(16)23-17(28)11-22-13-7-5-12(6-8-13)18-24-25-26-27(18)14-9-10-14/h1-8,14,19,22H,9-11H2,(H,23,28). The summed E-state index contributed by atoms with van der Waals surface area (Å²) < 4.78 is 31.1. The third-order valence-electron chi connectivity index (χ3n) is 4.36. The van der Waals surface area contributed by atoms with Gasteiger partial charge in [-0.25, -0.2) is 4.68 Å². The van der Waals surface area contributed by atoms with Crippen LogP contribution in [0.4, 0.5) is 20.2 Å². The van der Waals surface area contributed by atoms with Gasteiger partial charge in [0.2, 0.25) is 5.91 Å². The van der Waals surface area contributed by atoms with Gasteiger partial charge in [-0.3, -0.25) is 4.79 Å². The number of rotatable bonds is 8. The van der Waals surface area contributed by atoms with Crippen LogP contribution in [0.5, 0.6) is 5.75 Å². The first-order valence-corrected chi connectivity index (χ1v) is 9.06. The number of hydrogen-bond acceptors (Lipinski definition) is 6. The molecule has 1 saturated carbocycles. The fourth-order valence-corrected chi connectivity index (χ4v) is 2.83. The van der Waals surface area contributed by atoms with Gasteiger partial charge in [-0.1, -0.05) is 12.1 Å². The molecular formula is C19H18F2N6O2. The molecule has 0 unspecified atom stereocenters. The molecule has 29 heavy (non-hydrogen) atoms. The summed E-state index contributed by atoms with van der Waals surface area (Å²) in [5.74, 6) is 0.234. The topological polar surface area (TPSA) is 94.0 Å². The first-order valence-electron chi connectivity index (χ1n) is 9.06. The Morgan fingerprint density at radius 3 is 2.66 bits per heavy atom. The van der Waals surface area contributed by atoms with E-state index in [4.69, 9.17) is 0 Å². The van der Waals surface area contributed by atoms with E-state index in [1.807, 2.05) is 28.9 Å². The largest absolute Gasteiger partial charge is 0.433 e. The summed E-state index contributed by atoms with van der Waals surface area (Å²) in [7, 11) is 0. The number of anilines is 2. The first-order chi connectivity index (χ1) is 14.1. The summed E-state index contributed by atoms with van der Waals surface area (Å²) in [5, 5.41) is 17.4. The molecule has 4 rings (SSSR count). The van der Waals surface area contributed by atoms with E-state index in [1.165, 1.54) is 12.1 Å². The molecule has 1 fully saturated rings. The molecule has 1 heterocycles. The van der Waals surface area contributed by atoms with Crippen molar-refractivity contribution in [2.45, 2.75) is 25.5 Å². The summed E-state index contributed by atoms with van der Waals surface area (Å²) in [6.07, 6.45) is 2.16. The summed E-state index contributed by atoms with van der Waals surface area (Å²) in [4.78, 5) is 12.2. The van der Waals surface area contributed by atoms with Gasteiger partial charge in [0.05, 0.1) is 18.3 Å². The van der Waals surface area contributed by atoms with Crippen molar-refractivity contribution >= 4 is 17.3 Å². The van der Waals surface area contributed by atoms with Crippen molar-refractivity contribution in [3.8, 4) is 17.1 Å². The zero-order valence-corrected chi connectivity index (χ0v) is 15.3. The molecule has 1 amide bonds. The number of tetrazole rings is 1. The number of alkyl halides is 2. The molecule has 2 N–H and O–H groups in total. The molecule has 0 bridgehead atoms. The number of aromatic nitrogens is 4. The number of hydrogen-bond donors (Lipinski definition) is 2. The average molecular weight is 400 g/mol. The summed E-state index contributed by atoms with van der Waals surface area (Å²) >= 11 is 0. The molecule has 0 spiro atoms. The van der Waals surface area contributed by atoms with Crippen LogP contribution in [0.2, 0.25) is 0 Å². The van der Waals surface area contributed by atoms with Crippen LogP contribution in [-0.4, -0.2) is 39.3 Å². The fraction of sp³-hybridized carbons (Fsp3) is 0.263.